The Bertz CT molecular complexity index is 1070. The van der Waals surface area contributed by atoms with Gasteiger partial charge in [0.2, 0.25) is 17.5 Å². The van der Waals surface area contributed by atoms with Crippen molar-refractivity contribution in [3.8, 4) is 23.3 Å². The second kappa shape index (κ2) is 10.5. The molecule has 1 N–H and O–H groups in total. The average Bonchev–Trinajstić information content (AvgIpc) is 3.26. The fourth-order valence-corrected chi connectivity index (χ4v) is 3.69. The number of aromatic nitrogens is 1. The van der Waals surface area contributed by atoms with Gasteiger partial charge in [-0.1, -0.05) is 29.8 Å². The molecule has 1 aliphatic rings. The Balaban J connectivity index is 1.38. The van der Waals surface area contributed by atoms with E-state index in [1.807, 2.05) is 48.5 Å². The third kappa shape index (κ3) is 5.40. The summed E-state index contributed by atoms with van der Waals surface area (Å²) in [5.74, 6) is 1.49. The summed E-state index contributed by atoms with van der Waals surface area (Å²) < 4.78 is 17.1. The third-order valence-electron chi connectivity index (χ3n) is 5.41. The van der Waals surface area contributed by atoms with Gasteiger partial charge in [-0.15, -0.1) is 0 Å². The lowest BCUT2D eigenvalue weighted by Crippen LogP contribution is -2.45. The van der Waals surface area contributed by atoms with Crippen molar-refractivity contribution in [3.05, 3.63) is 64.8 Å². The first kappa shape index (κ1) is 22.2. The van der Waals surface area contributed by atoms with Gasteiger partial charge in [0.25, 0.3) is 0 Å². The van der Waals surface area contributed by atoms with Crippen molar-refractivity contribution < 1.29 is 13.9 Å². The summed E-state index contributed by atoms with van der Waals surface area (Å²) in [7, 11) is 0. The van der Waals surface area contributed by atoms with Gasteiger partial charge in [0, 0.05) is 41.8 Å². The van der Waals surface area contributed by atoms with Gasteiger partial charge < -0.3 is 19.2 Å². The van der Waals surface area contributed by atoms with Crippen LogP contribution in [0.15, 0.2) is 52.9 Å². The second-order valence-electron chi connectivity index (χ2n) is 7.59. The molecule has 3 aromatic rings. The summed E-state index contributed by atoms with van der Waals surface area (Å²) in [4.78, 5) is 6.69. The first-order valence-electron chi connectivity index (χ1n) is 10.6. The van der Waals surface area contributed by atoms with E-state index in [0.29, 0.717) is 35.7 Å². The molecular formula is C24H25ClN4O3. The summed E-state index contributed by atoms with van der Waals surface area (Å²) >= 11 is 6.17. The molecule has 7 nitrogen and oxygen atoms in total. The molecular weight excluding hydrogens is 428 g/mol. The van der Waals surface area contributed by atoms with Gasteiger partial charge in [-0.3, -0.25) is 4.90 Å². The fraction of sp³-hybridized carbons (Fsp3) is 0.333. The first-order valence-corrected chi connectivity index (χ1v) is 10.9. The van der Waals surface area contributed by atoms with Gasteiger partial charge in [0.1, 0.15) is 18.4 Å². The maximum Gasteiger partial charge on any atom is 0.232 e. The zero-order valence-corrected chi connectivity index (χ0v) is 18.6. The Hall–Kier alpha value is -3.05. The number of ether oxygens (including phenoxy) is 2. The average molecular weight is 453 g/mol. The highest BCUT2D eigenvalue weighted by molar-refractivity contribution is 6.31. The molecule has 1 saturated heterocycles. The van der Waals surface area contributed by atoms with Crippen LogP contribution in [0.25, 0.3) is 11.5 Å². The van der Waals surface area contributed by atoms with Crippen LogP contribution in [-0.2, 0) is 11.3 Å². The molecule has 0 aliphatic carbocycles. The molecule has 0 bridgehead atoms. The molecule has 0 amide bonds. The van der Waals surface area contributed by atoms with E-state index in [4.69, 9.17) is 25.5 Å². The molecule has 0 saturated carbocycles. The van der Waals surface area contributed by atoms with Crippen molar-refractivity contribution in [3.63, 3.8) is 0 Å². The maximum atomic E-state index is 9.47. The molecule has 1 atom stereocenters. The zero-order valence-electron chi connectivity index (χ0n) is 17.9. The maximum absolute atomic E-state index is 9.47. The van der Waals surface area contributed by atoms with Crippen LogP contribution in [0, 0.1) is 11.3 Å². The van der Waals surface area contributed by atoms with Crippen molar-refractivity contribution in [1.29, 1.82) is 5.26 Å². The van der Waals surface area contributed by atoms with Crippen molar-refractivity contribution in [2.24, 2.45) is 0 Å². The monoisotopic (exact) mass is 452 g/mol. The van der Waals surface area contributed by atoms with Crippen LogP contribution in [-0.4, -0.2) is 48.8 Å². The van der Waals surface area contributed by atoms with E-state index in [1.54, 1.807) is 0 Å². The van der Waals surface area contributed by atoms with E-state index < -0.39 is 0 Å². The highest BCUT2D eigenvalue weighted by Crippen LogP contribution is 2.27. The molecule has 2 heterocycles. The van der Waals surface area contributed by atoms with E-state index in [9.17, 15) is 5.26 Å². The summed E-state index contributed by atoms with van der Waals surface area (Å²) in [6.45, 7) is 6.48. The van der Waals surface area contributed by atoms with E-state index in [2.05, 4.69) is 28.2 Å². The number of nitriles is 1. The largest absolute Gasteiger partial charge is 0.489 e. The number of hydrogen-bond acceptors (Lipinski definition) is 7. The quantitative estimate of drug-likeness (QED) is 0.535. The third-order valence-corrected chi connectivity index (χ3v) is 5.78. The lowest BCUT2D eigenvalue weighted by atomic mass is 10.2. The van der Waals surface area contributed by atoms with E-state index >= 15 is 0 Å². The lowest BCUT2D eigenvalue weighted by molar-refractivity contribution is 0.0226. The van der Waals surface area contributed by atoms with Crippen LogP contribution in [0.4, 0.5) is 5.88 Å². The number of oxazole rings is 1. The lowest BCUT2D eigenvalue weighted by Gasteiger charge is -2.32. The first-order chi connectivity index (χ1) is 15.6. The zero-order chi connectivity index (χ0) is 22.3. The minimum atomic E-state index is 0.244. The molecule has 1 aliphatic heterocycles. The summed E-state index contributed by atoms with van der Waals surface area (Å²) in [5.41, 5.74) is 1.93. The number of halogens is 1. The fourth-order valence-electron chi connectivity index (χ4n) is 3.50. The van der Waals surface area contributed by atoms with Crippen LogP contribution in [0.1, 0.15) is 18.2 Å². The Morgan fingerprint density at radius 1 is 1.19 bits per heavy atom. The molecule has 166 valence electrons. The van der Waals surface area contributed by atoms with Gasteiger partial charge in [0.05, 0.1) is 13.2 Å². The van der Waals surface area contributed by atoms with Gasteiger partial charge in [-0.2, -0.15) is 10.2 Å². The number of nitrogens with one attached hydrogen (secondary N) is 1. The van der Waals surface area contributed by atoms with Crippen LogP contribution in [0.3, 0.4) is 0 Å². The predicted octanol–water partition coefficient (Wildman–Crippen LogP) is 4.58. The number of anilines is 1. The van der Waals surface area contributed by atoms with E-state index in [-0.39, 0.29) is 11.7 Å². The minimum absolute atomic E-state index is 0.244. The van der Waals surface area contributed by atoms with Gasteiger partial charge in [0.15, 0.2) is 0 Å². The SMILES string of the molecule is CC(CNc1oc(-c2ccc(OCc3ccccc3Cl)cc2)nc1C#N)N1CCOCC1. The smallest absolute Gasteiger partial charge is 0.232 e. The summed E-state index contributed by atoms with van der Waals surface area (Å²) in [5, 5.41) is 13.4. The number of hydrogen-bond donors (Lipinski definition) is 1. The van der Waals surface area contributed by atoms with Crippen LogP contribution in [0.5, 0.6) is 5.75 Å². The van der Waals surface area contributed by atoms with Crippen molar-refractivity contribution in [1.82, 2.24) is 9.88 Å². The van der Waals surface area contributed by atoms with E-state index in [1.165, 1.54) is 0 Å². The summed E-state index contributed by atoms with van der Waals surface area (Å²) in [6, 6.07) is 17.4. The van der Waals surface area contributed by atoms with Crippen LogP contribution in [0.2, 0.25) is 5.02 Å². The van der Waals surface area contributed by atoms with Crippen molar-refractivity contribution in [2.75, 3.05) is 38.2 Å². The predicted molar refractivity (Wildman–Crippen MR) is 123 cm³/mol. The van der Waals surface area contributed by atoms with Crippen molar-refractivity contribution in [2.45, 2.75) is 19.6 Å². The van der Waals surface area contributed by atoms with Crippen LogP contribution < -0.4 is 10.1 Å². The minimum Gasteiger partial charge on any atom is -0.489 e. The summed E-state index contributed by atoms with van der Waals surface area (Å²) in [6.07, 6.45) is 0. The highest BCUT2D eigenvalue weighted by atomic mass is 35.5. The molecule has 0 radical (unpaired) electrons. The Morgan fingerprint density at radius 2 is 1.94 bits per heavy atom. The highest BCUT2D eigenvalue weighted by Gasteiger charge is 2.19. The Kier molecular flexibility index (Phi) is 7.28. The molecule has 1 aromatic heterocycles. The Morgan fingerprint density at radius 3 is 2.66 bits per heavy atom. The number of morpholine rings is 1. The molecule has 32 heavy (non-hydrogen) atoms. The number of rotatable bonds is 8. The molecule has 8 heteroatoms. The van der Waals surface area contributed by atoms with Gasteiger partial charge in [-0.25, -0.2) is 0 Å². The van der Waals surface area contributed by atoms with Gasteiger partial charge >= 0.3 is 0 Å². The topological polar surface area (TPSA) is 83.6 Å². The number of nitrogens with zero attached hydrogens (tertiary/aromatic N) is 3. The molecule has 2 aromatic carbocycles. The standard InChI is InChI=1S/C24H25ClN4O3/c1-17(29-10-12-30-13-11-29)15-27-24-22(14-26)28-23(32-24)18-6-8-20(9-7-18)31-16-19-4-2-3-5-21(19)25/h2-9,17,27H,10-13,15-16H2,1H3. The van der Waals surface area contributed by atoms with Crippen molar-refractivity contribution >= 4 is 17.5 Å². The molecule has 1 fully saturated rings. The van der Waals surface area contributed by atoms with E-state index in [0.717, 1.165) is 37.4 Å². The normalized spacial score (nSPS) is 15.2. The van der Waals surface area contributed by atoms with Crippen LogP contribution >= 0.6 is 11.6 Å². The number of benzene rings is 2. The van der Waals surface area contributed by atoms with Gasteiger partial charge in [-0.05, 0) is 37.3 Å². The Labute approximate surface area is 192 Å². The molecule has 1 unspecified atom stereocenters. The molecule has 0 spiro atoms. The second-order valence-corrected chi connectivity index (χ2v) is 8.00. The molecule has 4 rings (SSSR count).